The molecule has 5 heterocycles. The summed E-state index contributed by atoms with van der Waals surface area (Å²) in [6.07, 6.45) is 4.22. The SMILES string of the molecule is CC1CNc2c(sc3ccc4nc(-c5ccc(N6CCC(CO[Si](C)(C)C(C)(C)C)CC6)nc5)ccc4c23)C(=O)N1. The van der Waals surface area contributed by atoms with Crippen LogP contribution in [0.2, 0.25) is 18.1 Å². The summed E-state index contributed by atoms with van der Waals surface area (Å²) in [7, 11) is -1.70. The van der Waals surface area contributed by atoms with E-state index in [4.69, 9.17) is 14.4 Å². The van der Waals surface area contributed by atoms with Crippen molar-refractivity contribution in [2.75, 3.05) is 36.5 Å². The lowest BCUT2D eigenvalue weighted by atomic mass is 9.98. The number of rotatable bonds is 5. The van der Waals surface area contributed by atoms with Gasteiger partial charge in [0.2, 0.25) is 0 Å². The molecule has 1 aromatic carbocycles. The number of aromatic nitrogens is 2. The molecule has 2 N–H and O–H groups in total. The van der Waals surface area contributed by atoms with Crippen molar-refractivity contribution in [3.8, 4) is 11.3 Å². The van der Waals surface area contributed by atoms with Crippen molar-refractivity contribution < 1.29 is 9.22 Å². The van der Waals surface area contributed by atoms with Gasteiger partial charge in [-0.1, -0.05) is 20.8 Å². The maximum Gasteiger partial charge on any atom is 0.263 e. The predicted octanol–water partition coefficient (Wildman–Crippen LogP) is 7.29. The van der Waals surface area contributed by atoms with Crippen molar-refractivity contribution in [1.82, 2.24) is 15.3 Å². The Morgan fingerprint density at radius 2 is 1.88 bits per heavy atom. The van der Waals surface area contributed by atoms with Crippen LogP contribution in [-0.4, -0.2) is 56.5 Å². The fourth-order valence-corrected chi connectivity index (χ4v) is 7.67. The van der Waals surface area contributed by atoms with Gasteiger partial charge in [0, 0.05) is 59.5 Å². The molecule has 1 atom stereocenters. The molecule has 1 unspecified atom stereocenters. The maximum atomic E-state index is 12.7. The molecule has 6 rings (SSSR count). The van der Waals surface area contributed by atoms with Crippen LogP contribution in [0.1, 0.15) is 50.2 Å². The van der Waals surface area contributed by atoms with Gasteiger partial charge < -0.3 is 20.0 Å². The van der Waals surface area contributed by atoms with E-state index in [9.17, 15) is 4.79 Å². The second-order valence-corrected chi connectivity index (χ2v) is 19.0. The zero-order chi connectivity index (χ0) is 28.9. The lowest BCUT2D eigenvalue weighted by Crippen LogP contribution is -2.43. The summed E-state index contributed by atoms with van der Waals surface area (Å²) in [5.41, 5.74) is 3.75. The number of fused-ring (bicyclic) bond motifs is 5. The van der Waals surface area contributed by atoms with Crippen LogP contribution in [0, 0.1) is 5.92 Å². The molecule has 0 bridgehead atoms. The van der Waals surface area contributed by atoms with E-state index in [-0.39, 0.29) is 17.0 Å². The third-order valence-electron chi connectivity index (χ3n) is 9.16. The summed E-state index contributed by atoms with van der Waals surface area (Å²) < 4.78 is 7.60. The molecule has 216 valence electrons. The first-order valence-corrected chi connectivity index (χ1v) is 18.5. The number of benzene rings is 1. The van der Waals surface area contributed by atoms with Crippen LogP contribution in [-0.2, 0) is 4.43 Å². The standard InChI is InChI=1S/C32H41N5O2SSi/c1-20-17-34-29-28-23-8-9-24(36-25(23)10-11-26(28)40-30(29)31(38)35-20)22-7-12-27(33-18-22)37-15-13-21(14-16-37)19-39-41(5,6)32(2,3)4/h7-12,18,20-21,34H,13-17,19H2,1-6H3,(H,35,38). The Bertz CT molecular complexity index is 1590. The number of nitrogens with zero attached hydrogens (tertiary/aromatic N) is 3. The number of anilines is 2. The van der Waals surface area contributed by atoms with Crippen molar-refractivity contribution in [3.63, 3.8) is 0 Å². The number of hydrogen-bond donors (Lipinski definition) is 2. The van der Waals surface area contributed by atoms with E-state index in [0.717, 1.165) is 81.2 Å². The molecular formula is C32H41N5O2SSi. The number of amides is 1. The zero-order valence-electron chi connectivity index (χ0n) is 25.0. The Kier molecular flexibility index (Phi) is 7.32. The molecule has 0 saturated carbocycles. The third-order valence-corrected chi connectivity index (χ3v) is 14.8. The number of piperidine rings is 1. The molecule has 3 aromatic heterocycles. The Morgan fingerprint density at radius 3 is 2.59 bits per heavy atom. The first kappa shape index (κ1) is 28.1. The van der Waals surface area contributed by atoms with Crippen molar-refractivity contribution in [2.45, 2.75) is 64.7 Å². The molecule has 9 heteroatoms. The van der Waals surface area contributed by atoms with Gasteiger partial charge in [-0.25, -0.2) is 9.97 Å². The summed E-state index contributed by atoms with van der Waals surface area (Å²) in [5.74, 6) is 1.64. The number of carbonyl (C=O) groups excluding carboxylic acids is 1. The second-order valence-electron chi connectivity index (χ2n) is 13.2. The number of pyridine rings is 2. The third kappa shape index (κ3) is 5.47. The molecule has 7 nitrogen and oxygen atoms in total. The van der Waals surface area contributed by atoms with Gasteiger partial charge in [0.25, 0.3) is 5.91 Å². The lowest BCUT2D eigenvalue weighted by Gasteiger charge is -2.39. The van der Waals surface area contributed by atoms with Gasteiger partial charge in [-0.2, -0.15) is 0 Å². The van der Waals surface area contributed by atoms with Gasteiger partial charge >= 0.3 is 0 Å². The van der Waals surface area contributed by atoms with Gasteiger partial charge in [-0.05, 0) is 80.2 Å². The van der Waals surface area contributed by atoms with Crippen LogP contribution in [0.5, 0.6) is 0 Å². The minimum atomic E-state index is -1.70. The van der Waals surface area contributed by atoms with Crippen LogP contribution in [0.4, 0.5) is 11.5 Å². The molecule has 0 radical (unpaired) electrons. The van der Waals surface area contributed by atoms with Gasteiger partial charge in [-0.3, -0.25) is 4.79 Å². The van der Waals surface area contributed by atoms with E-state index in [1.165, 1.54) is 11.3 Å². The Morgan fingerprint density at radius 1 is 1.10 bits per heavy atom. The van der Waals surface area contributed by atoms with Gasteiger partial charge in [0.15, 0.2) is 8.32 Å². The Labute approximate surface area is 247 Å². The highest BCUT2D eigenvalue weighted by molar-refractivity contribution is 7.21. The topological polar surface area (TPSA) is 79.4 Å². The molecule has 2 aliphatic rings. The molecule has 1 saturated heterocycles. The molecule has 0 aliphatic carbocycles. The predicted molar refractivity (Wildman–Crippen MR) is 174 cm³/mol. The van der Waals surface area contributed by atoms with Crippen LogP contribution < -0.4 is 15.5 Å². The van der Waals surface area contributed by atoms with Crippen LogP contribution >= 0.6 is 11.3 Å². The molecule has 2 aliphatic heterocycles. The van der Waals surface area contributed by atoms with Crippen LogP contribution in [0.3, 0.4) is 0 Å². The highest BCUT2D eigenvalue weighted by Gasteiger charge is 2.38. The minimum absolute atomic E-state index is 0.00806. The van der Waals surface area contributed by atoms with E-state index in [1.54, 1.807) is 0 Å². The Hall–Kier alpha value is -3.01. The molecule has 1 fully saturated rings. The summed E-state index contributed by atoms with van der Waals surface area (Å²) >= 11 is 1.54. The average molecular weight is 588 g/mol. The fraction of sp³-hybridized carbons (Fsp3) is 0.469. The summed E-state index contributed by atoms with van der Waals surface area (Å²) in [4.78, 5) is 25.7. The fourth-order valence-electron chi connectivity index (χ4n) is 5.48. The average Bonchev–Trinajstić information content (AvgIpc) is 3.27. The second kappa shape index (κ2) is 10.7. The number of nitrogens with one attached hydrogen (secondary N) is 2. The van der Waals surface area contributed by atoms with Crippen molar-refractivity contribution in [2.24, 2.45) is 5.92 Å². The molecule has 1 amide bonds. The normalized spacial score (nSPS) is 18.7. The van der Waals surface area contributed by atoms with Crippen molar-refractivity contribution in [3.05, 3.63) is 47.5 Å². The van der Waals surface area contributed by atoms with Gasteiger partial charge in [-0.15, -0.1) is 11.3 Å². The Balaban J connectivity index is 1.16. The monoisotopic (exact) mass is 587 g/mol. The zero-order valence-corrected chi connectivity index (χ0v) is 26.8. The van der Waals surface area contributed by atoms with Crippen molar-refractivity contribution in [1.29, 1.82) is 0 Å². The van der Waals surface area contributed by atoms with E-state index in [0.29, 0.717) is 12.5 Å². The molecular weight excluding hydrogens is 547 g/mol. The highest BCUT2D eigenvalue weighted by Crippen LogP contribution is 2.41. The molecule has 0 spiro atoms. The summed E-state index contributed by atoms with van der Waals surface area (Å²) in [6.45, 7) is 17.2. The van der Waals surface area contributed by atoms with E-state index < -0.39 is 8.32 Å². The maximum absolute atomic E-state index is 12.7. The van der Waals surface area contributed by atoms with Crippen LogP contribution in [0.25, 0.3) is 32.2 Å². The van der Waals surface area contributed by atoms with Crippen molar-refractivity contribution >= 4 is 58.1 Å². The summed E-state index contributed by atoms with van der Waals surface area (Å²) in [6, 6.07) is 12.7. The number of carbonyl (C=O) groups is 1. The number of thiophene rings is 1. The largest absolute Gasteiger partial charge is 0.417 e. The van der Waals surface area contributed by atoms with E-state index in [1.807, 2.05) is 13.1 Å². The van der Waals surface area contributed by atoms with Crippen LogP contribution in [0.15, 0.2) is 42.6 Å². The van der Waals surface area contributed by atoms with Gasteiger partial charge in [0.1, 0.15) is 10.7 Å². The highest BCUT2D eigenvalue weighted by atomic mass is 32.1. The first-order chi connectivity index (χ1) is 19.5. The lowest BCUT2D eigenvalue weighted by molar-refractivity contribution is 0.0949. The summed E-state index contributed by atoms with van der Waals surface area (Å²) in [5, 5.41) is 8.96. The van der Waals surface area contributed by atoms with E-state index in [2.05, 4.69) is 85.8 Å². The molecule has 41 heavy (non-hydrogen) atoms. The minimum Gasteiger partial charge on any atom is -0.417 e. The van der Waals surface area contributed by atoms with E-state index >= 15 is 0 Å². The van der Waals surface area contributed by atoms with Gasteiger partial charge in [0.05, 0.1) is 16.9 Å². The molecule has 4 aromatic rings. The quantitative estimate of drug-likeness (QED) is 0.239. The first-order valence-electron chi connectivity index (χ1n) is 14.8. The number of hydrogen-bond acceptors (Lipinski definition) is 7. The smallest absolute Gasteiger partial charge is 0.263 e.